The van der Waals surface area contributed by atoms with Crippen molar-refractivity contribution in [2.24, 2.45) is 16.8 Å². The van der Waals surface area contributed by atoms with E-state index in [1.54, 1.807) is 6.07 Å². The first-order valence-corrected chi connectivity index (χ1v) is 12.4. The quantitative estimate of drug-likeness (QED) is 0.159. The maximum Gasteiger partial charge on any atom is 0.293 e. The number of imide groups is 1. The minimum atomic E-state index is -1.04. The van der Waals surface area contributed by atoms with Crippen LogP contribution < -0.4 is 4.90 Å². The molecule has 6 aliphatic rings. The van der Waals surface area contributed by atoms with Crippen molar-refractivity contribution in [3.63, 3.8) is 0 Å². The third kappa shape index (κ3) is 2.87. The number of para-hydroxylation sites is 3. The van der Waals surface area contributed by atoms with Crippen molar-refractivity contribution in [2.45, 2.75) is 11.3 Å². The van der Waals surface area contributed by atoms with Gasteiger partial charge < -0.3 is 0 Å². The van der Waals surface area contributed by atoms with Crippen molar-refractivity contribution in [1.82, 2.24) is 0 Å². The Balaban J connectivity index is 1.52. The van der Waals surface area contributed by atoms with Crippen LogP contribution in [0.3, 0.4) is 0 Å². The molecule has 0 aromatic heterocycles. The summed E-state index contributed by atoms with van der Waals surface area (Å²) < 4.78 is 0. The summed E-state index contributed by atoms with van der Waals surface area (Å²) in [6, 6.07) is 31.4. The number of hydrogen-bond acceptors (Lipinski definition) is 5. The Morgan fingerprint density at radius 3 is 2.26 bits per heavy atom. The molecule has 7 nitrogen and oxygen atoms in total. The first-order chi connectivity index (χ1) is 18.5. The van der Waals surface area contributed by atoms with Gasteiger partial charge in [0, 0.05) is 18.2 Å². The van der Waals surface area contributed by atoms with E-state index < -0.39 is 34.0 Å². The standard InChI is InChI=1S/C31H21N3O4/c35-29-27-26-19-14-16-20(17-15-19)31(23-11-5-4-10-22(23)26,18-32-21-8-2-1-3-9-21)28(27)30(36)33(29)24-12-6-7-13-25(24)34(37)38/h1-18,26-28H/t26-,27-,28+,31-/m0/s1. The van der Waals surface area contributed by atoms with Gasteiger partial charge in [-0.25, -0.2) is 4.90 Å². The summed E-state index contributed by atoms with van der Waals surface area (Å²) in [6.07, 6.45) is 1.81. The molecule has 5 aliphatic carbocycles. The molecule has 4 aromatic rings. The number of nitro benzene ring substituents is 1. The van der Waals surface area contributed by atoms with Gasteiger partial charge in [-0.1, -0.05) is 78.9 Å². The third-order valence-corrected chi connectivity index (χ3v) is 8.18. The van der Waals surface area contributed by atoms with Crippen LogP contribution in [0.25, 0.3) is 0 Å². The van der Waals surface area contributed by atoms with Crippen molar-refractivity contribution in [3.05, 3.63) is 135 Å². The number of anilines is 1. The predicted octanol–water partition coefficient (Wildman–Crippen LogP) is 5.55. The molecule has 0 saturated carbocycles. The van der Waals surface area contributed by atoms with E-state index in [1.807, 2.05) is 85.1 Å². The van der Waals surface area contributed by atoms with E-state index in [9.17, 15) is 19.7 Å². The van der Waals surface area contributed by atoms with Crippen molar-refractivity contribution >= 4 is 35.1 Å². The first kappa shape index (κ1) is 22.3. The summed E-state index contributed by atoms with van der Waals surface area (Å²) >= 11 is 0. The van der Waals surface area contributed by atoms with Gasteiger partial charge in [-0.15, -0.1) is 0 Å². The summed E-state index contributed by atoms with van der Waals surface area (Å²) in [5.74, 6) is -2.79. The highest BCUT2D eigenvalue weighted by Crippen LogP contribution is 2.60. The maximum absolute atomic E-state index is 14.4. The highest BCUT2D eigenvalue weighted by Gasteiger charge is 2.65. The number of amides is 2. The van der Waals surface area contributed by atoms with E-state index >= 15 is 0 Å². The highest BCUT2D eigenvalue weighted by molar-refractivity contribution is 6.25. The zero-order valence-corrected chi connectivity index (χ0v) is 20.1. The second-order valence-corrected chi connectivity index (χ2v) is 9.91. The molecule has 184 valence electrons. The topological polar surface area (TPSA) is 92.9 Å². The van der Waals surface area contributed by atoms with Gasteiger partial charge in [-0.2, -0.15) is 0 Å². The van der Waals surface area contributed by atoms with Crippen LogP contribution in [0.1, 0.15) is 28.2 Å². The van der Waals surface area contributed by atoms with Crippen molar-refractivity contribution in [2.75, 3.05) is 4.90 Å². The minimum absolute atomic E-state index is 0.00103. The Morgan fingerprint density at radius 2 is 1.50 bits per heavy atom. The smallest absolute Gasteiger partial charge is 0.274 e. The van der Waals surface area contributed by atoms with E-state index in [1.165, 1.54) is 18.2 Å². The molecule has 1 fully saturated rings. The number of carbonyl (C=O) groups excluding carboxylic acids is 2. The number of aliphatic imine (C=N–C) groups is 1. The van der Waals surface area contributed by atoms with Gasteiger partial charge in [-0.05, 0) is 40.5 Å². The lowest BCUT2D eigenvalue weighted by atomic mass is 9.52. The summed E-state index contributed by atoms with van der Waals surface area (Å²) in [5.41, 5.74) is 3.10. The van der Waals surface area contributed by atoms with Gasteiger partial charge in [0.2, 0.25) is 11.8 Å². The molecule has 4 aromatic carbocycles. The van der Waals surface area contributed by atoms with Gasteiger partial charge in [0.15, 0.2) is 0 Å². The van der Waals surface area contributed by atoms with Crippen LogP contribution in [-0.4, -0.2) is 23.0 Å². The summed E-state index contributed by atoms with van der Waals surface area (Å²) in [5, 5.41) is 11.9. The summed E-state index contributed by atoms with van der Waals surface area (Å²) in [6.45, 7) is 0. The molecule has 7 heteroatoms. The lowest BCUT2D eigenvalue weighted by molar-refractivity contribution is -0.384. The lowest BCUT2D eigenvalue weighted by Crippen LogP contribution is -2.51. The van der Waals surface area contributed by atoms with Gasteiger partial charge in [0.05, 0.1) is 27.9 Å². The van der Waals surface area contributed by atoms with E-state index in [0.717, 1.165) is 32.8 Å². The molecule has 1 heterocycles. The van der Waals surface area contributed by atoms with Crippen LogP contribution in [-0.2, 0) is 15.0 Å². The number of rotatable bonds is 4. The van der Waals surface area contributed by atoms with Crippen molar-refractivity contribution < 1.29 is 14.5 Å². The van der Waals surface area contributed by atoms with Crippen LogP contribution in [0.2, 0.25) is 0 Å². The van der Waals surface area contributed by atoms with Gasteiger partial charge in [0.25, 0.3) is 5.69 Å². The van der Waals surface area contributed by atoms with Gasteiger partial charge >= 0.3 is 0 Å². The SMILES string of the molecule is O=C1[C@H]2[C@H]3c4ccc(cc4)[C@@](C=Nc4ccccc4)(c4ccccc43)[C@H]2C(=O)N1c1ccccc1[N+](=O)[O-]. The predicted molar refractivity (Wildman–Crippen MR) is 143 cm³/mol. The normalized spacial score (nSPS) is 24.8. The molecule has 0 radical (unpaired) electrons. The first-order valence-electron chi connectivity index (χ1n) is 12.4. The monoisotopic (exact) mass is 499 g/mol. The second-order valence-electron chi connectivity index (χ2n) is 9.91. The van der Waals surface area contributed by atoms with E-state index in [2.05, 4.69) is 0 Å². The van der Waals surface area contributed by atoms with Crippen LogP contribution in [0, 0.1) is 22.0 Å². The number of carbonyl (C=O) groups is 2. The molecule has 1 aliphatic heterocycles. The molecule has 0 N–H and O–H groups in total. The number of nitro groups is 1. The Hall–Kier alpha value is -4.91. The number of nitrogens with zero attached hydrogens (tertiary/aromatic N) is 3. The molecule has 4 atom stereocenters. The highest BCUT2D eigenvalue weighted by atomic mass is 16.6. The average Bonchev–Trinajstić information content (AvgIpc) is 3.19. The Kier molecular flexibility index (Phi) is 4.72. The fourth-order valence-corrected chi connectivity index (χ4v) is 6.66. The van der Waals surface area contributed by atoms with Crippen LogP contribution in [0.5, 0.6) is 0 Å². The van der Waals surface area contributed by atoms with E-state index in [0.29, 0.717) is 0 Å². The molecular formula is C31H21N3O4. The van der Waals surface area contributed by atoms with Crippen molar-refractivity contribution in [1.29, 1.82) is 0 Å². The molecule has 2 amide bonds. The van der Waals surface area contributed by atoms with E-state index in [-0.39, 0.29) is 17.3 Å². The maximum atomic E-state index is 14.4. The third-order valence-electron chi connectivity index (χ3n) is 8.18. The fourth-order valence-electron chi connectivity index (χ4n) is 6.66. The molecule has 0 unspecified atom stereocenters. The summed E-state index contributed by atoms with van der Waals surface area (Å²) in [7, 11) is 0. The zero-order valence-electron chi connectivity index (χ0n) is 20.1. The van der Waals surface area contributed by atoms with Crippen LogP contribution in [0.4, 0.5) is 17.1 Å². The summed E-state index contributed by atoms with van der Waals surface area (Å²) in [4.78, 5) is 45.9. The van der Waals surface area contributed by atoms with Crippen molar-refractivity contribution in [3.8, 4) is 0 Å². The molecule has 1 saturated heterocycles. The Bertz CT molecular complexity index is 1660. The average molecular weight is 500 g/mol. The number of hydrogen-bond donors (Lipinski definition) is 0. The molecule has 4 bridgehead atoms. The minimum Gasteiger partial charge on any atom is -0.274 e. The molecular weight excluding hydrogens is 478 g/mol. The lowest BCUT2D eigenvalue weighted by Gasteiger charge is -2.48. The molecule has 38 heavy (non-hydrogen) atoms. The fraction of sp³-hybridized carbons (Fsp3) is 0.129. The van der Waals surface area contributed by atoms with Gasteiger partial charge in [0.1, 0.15) is 5.69 Å². The molecule has 10 rings (SSSR count). The Labute approximate surface area is 218 Å². The van der Waals surface area contributed by atoms with E-state index in [4.69, 9.17) is 4.99 Å². The Morgan fingerprint density at radius 1 is 0.816 bits per heavy atom. The number of benzene rings is 4. The molecule has 0 spiro atoms. The second kappa shape index (κ2) is 8.05. The van der Waals surface area contributed by atoms with Gasteiger partial charge in [-0.3, -0.25) is 24.7 Å². The van der Waals surface area contributed by atoms with Crippen LogP contribution >= 0.6 is 0 Å². The van der Waals surface area contributed by atoms with Crippen LogP contribution in [0.15, 0.2) is 108 Å². The zero-order chi connectivity index (χ0) is 26.0. The largest absolute Gasteiger partial charge is 0.293 e.